The minimum atomic E-state index is -0.395. The summed E-state index contributed by atoms with van der Waals surface area (Å²) < 4.78 is 21.2. The zero-order valence-corrected chi connectivity index (χ0v) is 18.1. The van der Waals surface area contributed by atoms with Crippen molar-refractivity contribution < 1.29 is 13.9 Å². The summed E-state index contributed by atoms with van der Waals surface area (Å²) in [4.78, 5) is 30.0. The van der Waals surface area contributed by atoms with Crippen molar-refractivity contribution in [2.75, 3.05) is 18.2 Å². The highest BCUT2D eigenvalue weighted by Gasteiger charge is 2.16. The number of benzene rings is 2. The van der Waals surface area contributed by atoms with Crippen LogP contribution in [0.25, 0.3) is 10.2 Å². The second-order valence-electron chi connectivity index (χ2n) is 6.58. The fraction of sp³-hybridized carbons (Fsp3) is 0.136. The Labute approximate surface area is 185 Å². The second kappa shape index (κ2) is 9.32. The van der Waals surface area contributed by atoms with Gasteiger partial charge < -0.3 is 10.1 Å². The molecule has 4 rings (SSSR count). The zero-order chi connectivity index (χ0) is 21.8. The molecule has 0 spiro atoms. The molecule has 9 heteroatoms. The highest BCUT2D eigenvalue weighted by molar-refractivity contribution is 7.99. The van der Waals surface area contributed by atoms with E-state index in [0.29, 0.717) is 32.4 Å². The first kappa shape index (κ1) is 21.1. The quantitative estimate of drug-likeness (QED) is 0.331. The Bertz CT molecular complexity index is 1290. The number of carbonyl (C=O) groups is 1. The number of methoxy groups -OCH3 is 1. The molecule has 0 fully saturated rings. The van der Waals surface area contributed by atoms with Crippen LogP contribution in [0.4, 0.5) is 10.1 Å². The first-order chi connectivity index (χ1) is 15.0. The van der Waals surface area contributed by atoms with Gasteiger partial charge in [-0.3, -0.25) is 14.2 Å². The van der Waals surface area contributed by atoms with Crippen LogP contribution in [0.1, 0.15) is 5.56 Å². The Morgan fingerprint density at radius 1 is 1.19 bits per heavy atom. The van der Waals surface area contributed by atoms with Gasteiger partial charge in [-0.05, 0) is 41.8 Å². The van der Waals surface area contributed by atoms with Gasteiger partial charge in [-0.15, -0.1) is 11.3 Å². The van der Waals surface area contributed by atoms with Crippen LogP contribution in [0.5, 0.6) is 5.75 Å². The van der Waals surface area contributed by atoms with Crippen LogP contribution in [0.2, 0.25) is 0 Å². The topological polar surface area (TPSA) is 73.2 Å². The summed E-state index contributed by atoms with van der Waals surface area (Å²) in [6, 6.07) is 15.0. The molecule has 2 aromatic carbocycles. The minimum absolute atomic E-state index is 0.0365. The Hall–Kier alpha value is -3.17. The van der Waals surface area contributed by atoms with Gasteiger partial charge in [-0.1, -0.05) is 30.0 Å². The maximum atomic E-state index is 14.2. The summed E-state index contributed by atoms with van der Waals surface area (Å²) in [7, 11) is 1.57. The Kier molecular flexibility index (Phi) is 6.34. The lowest BCUT2D eigenvalue weighted by Gasteiger charge is -2.13. The number of nitrogens with one attached hydrogen (secondary N) is 1. The van der Waals surface area contributed by atoms with Gasteiger partial charge in [0.25, 0.3) is 5.56 Å². The molecule has 0 bridgehead atoms. The molecular weight excluding hydrogens is 437 g/mol. The third kappa shape index (κ3) is 4.78. The molecule has 0 saturated carbocycles. The maximum absolute atomic E-state index is 14.2. The number of aromatic nitrogens is 2. The molecule has 0 aliphatic rings. The summed E-state index contributed by atoms with van der Waals surface area (Å²) in [5.41, 5.74) is 1.34. The number of hydrogen-bond acceptors (Lipinski definition) is 6. The van der Waals surface area contributed by atoms with E-state index < -0.39 is 5.82 Å². The van der Waals surface area contributed by atoms with Crippen LogP contribution in [0, 0.1) is 5.82 Å². The highest BCUT2D eigenvalue weighted by atomic mass is 32.2. The normalized spacial score (nSPS) is 10.9. The van der Waals surface area contributed by atoms with Crippen LogP contribution in [0.15, 0.2) is 69.9 Å². The second-order valence-corrected chi connectivity index (χ2v) is 8.44. The molecule has 6 nitrogen and oxygen atoms in total. The van der Waals surface area contributed by atoms with Crippen molar-refractivity contribution in [1.82, 2.24) is 9.55 Å². The van der Waals surface area contributed by atoms with Crippen LogP contribution in [-0.4, -0.2) is 28.3 Å². The number of ether oxygens (including phenoxy) is 1. The summed E-state index contributed by atoms with van der Waals surface area (Å²) >= 11 is 2.43. The Morgan fingerprint density at radius 2 is 1.97 bits per heavy atom. The van der Waals surface area contributed by atoms with Gasteiger partial charge in [0.1, 0.15) is 16.3 Å². The van der Waals surface area contributed by atoms with E-state index in [9.17, 15) is 14.0 Å². The maximum Gasteiger partial charge on any atom is 0.272 e. The van der Waals surface area contributed by atoms with Gasteiger partial charge in [0.15, 0.2) is 5.16 Å². The predicted octanol–water partition coefficient (Wildman–Crippen LogP) is 4.38. The van der Waals surface area contributed by atoms with E-state index >= 15 is 0 Å². The molecule has 0 saturated heterocycles. The SMILES string of the molecule is COc1ccc(NC(=O)CSc2nc3ccsc3c(=O)n2Cc2ccccc2F)cc1. The van der Waals surface area contributed by atoms with E-state index in [1.165, 1.54) is 22.0 Å². The molecule has 0 unspecified atom stereocenters. The van der Waals surface area contributed by atoms with Crippen molar-refractivity contribution in [2.24, 2.45) is 0 Å². The lowest BCUT2D eigenvalue weighted by Crippen LogP contribution is -2.24. The Balaban J connectivity index is 1.56. The molecule has 2 aromatic heterocycles. The summed E-state index contributed by atoms with van der Waals surface area (Å²) in [6.07, 6.45) is 0. The lowest BCUT2D eigenvalue weighted by molar-refractivity contribution is -0.113. The van der Waals surface area contributed by atoms with E-state index in [0.717, 1.165) is 11.8 Å². The molecule has 4 aromatic rings. The van der Waals surface area contributed by atoms with E-state index in [1.807, 2.05) is 0 Å². The summed E-state index contributed by atoms with van der Waals surface area (Å²) in [6.45, 7) is 0.0365. The number of hydrogen-bond donors (Lipinski definition) is 1. The molecule has 0 atom stereocenters. The fourth-order valence-electron chi connectivity index (χ4n) is 2.97. The number of thioether (sulfide) groups is 1. The van der Waals surface area contributed by atoms with Crippen molar-refractivity contribution in [2.45, 2.75) is 11.7 Å². The monoisotopic (exact) mass is 455 g/mol. The highest BCUT2D eigenvalue weighted by Crippen LogP contribution is 2.23. The van der Waals surface area contributed by atoms with Gasteiger partial charge in [0, 0.05) is 11.3 Å². The van der Waals surface area contributed by atoms with Gasteiger partial charge in [-0.25, -0.2) is 9.37 Å². The molecule has 1 amide bonds. The van der Waals surface area contributed by atoms with Crippen molar-refractivity contribution in [3.05, 3.63) is 81.7 Å². The molecule has 0 aliphatic heterocycles. The van der Waals surface area contributed by atoms with Gasteiger partial charge in [0.2, 0.25) is 5.91 Å². The third-order valence-electron chi connectivity index (χ3n) is 4.52. The fourth-order valence-corrected chi connectivity index (χ4v) is 4.55. The lowest BCUT2D eigenvalue weighted by atomic mass is 10.2. The number of rotatable bonds is 7. The number of halogens is 1. The number of anilines is 1. The summed E-state index contributed by atoms with van der Waals surface area (Å²) in [5.74, 6) is 0.102. The largest absolute Gasteiger partial charge is 0.497 e. The first-order valence-corrected chi connectivity index (χ1v) is 11.2. The standard InChI is InChI=1S/C22H18FN3O3S2/c1-29-16-8-6-15(7-9-16)24-19(27)13-31-22-25-18-10-11-30-20(18)21(28)26(22)12-14-4-2-3-5-17(14)23/h2-11H,12-13H2,1H3,(H,24,27). The number of thiophene rings is 1. The smallest absolute Gasteiger partial charge is 0.272 e. The van der Waals surface area contributed by atoms with Gasteiger partial charge >= 0.3 is 0 Å². The third-order valence-corrected chi connectivity index (χ3v) is 6.39. The van der Waals surface area contributed by atoms with Gasteiger partial charge in [0.05, 0.1) is 24.9 Å². The minimum Gasteiger partial charge on any atom is -0.497 e. The average Bonchev–Trinajstić information content (AvgIpc) is 3.25. The van der Waals surface area contributed by atoms with Crippen LogP contribution < -0.4 is 15.6 Å². The van der Waals surface area contributed by atoms with E-state index in [1.54, 1.807) is 61.0 Å². The molecule has 2 heterocycles. The molecule has 0 aliphatic carbocycles. The van der Waals surface area contributed by atoms with E-state index in [-0.39, 0.29) is 23.8 Å². The molecule has 1 N–H and O–H groups in total. The van der Waals surface area contributed by atoms with Crippen molar-refractivity contribution in [3.63, 3.8) is 0 Å². The first-order valence-electron chi connectivity index (χ1n) is 9.33. The van der Waals surface area contributed by atoms with Gasteiger partial charge in [-0.2, -0.15) is 0 Å². The summed E-state index contributed by atoms with van der Waals surface area (Å²) in [5, 5.41) is 4.95. The molecule has 31 heavy (non-hydrogen) atoms. The number of fused-ring (bicyclic) bond motifs is 1. The van der Waals surface area contributed by atoms with Crippen LogP contribution in [0.3, 0.4) is 0 Å². The predicted molar refractivity (Wildman–Crippen MR) is 122 cm³/mol. The van der Waals surface area contributed by atoms with E-state index in [4.69, 9.17) is 4.74 Å². The number of nitrogens with zero attached hydrogens (tertiary/aromatic N) is 2. The van der Waals surface area contributed by atoms with Crippen LogP contribution >= 0.6 is 23.1 Å². The molecule has 0 radical (unpaired) electrons. The number of amides is 1. The van der Waals surface area contributed by atoms with Crippen molar-refractivity contribution >= 4 is 44.9 Å². The Morgan fingerprint density at radius 3 is 2.71 bits per heavy atom. The average molecular weight is 456 g/mol. The molecule has 158 valence electrons. The molecular formula is C22H18FN3O3S2. The van der Waals surface area contributed by atoms with Crippen molar-refractivity contribution in [3.8, 4) is 5.75 Å². The van der Waals surface area contributed by atoms with Crippen LogP contribution in [-0.2, 0) is 11.3 Å². The van der Waals surface area contributed by atoms with E-state index in [2.05, 4.69) is 10.3 Å². The van der Waals surface area contributed by atoms with Crippen molar-refractivity contribution in [1.29, 1.82) is 0 Å². The zero-order valence-electron chi connectivity index (χ0n) is 16.5. The number of carbonyl (C=O) groups excluding carboxylic acids is 1.